The maximum absolute atomic E-state index is 13.2. The van der Waals surface area contributed by atoms with Crippen LogP contribution in [0.15, 0.2) is 0 Å². The Balaban J connectivity index is 1.69. The summed E-state index contributed by atoms with van der Waals surface area (Å²) >= 11 is 0. The van der Waals surface area contributed by atoms with Gasteiger partial charge in [-0.2, -0.15) is 5.26 Å². The van der Waals surface area contributed by atoms with Crippen molar-refractivity contribution in [2.24, 2.45) is 0 Å². The molecule has 0 atom stereocenters. The monoisotopic (exact) mass is 345 g/mol. The summed E-state index contributed by atoms with van der Waals surface area (Å²) < 4.78 is 0. The van der Waals surface area contributed by atoms with Crippen LogP contribution in [0, 0.1) is 11.3 Å². The van der Waals surface area contributed by atoms with E-state index in [0.29, 0.717) is 0 Å². The predicted octanol–water partition coefficient (Wildman–Crippen LogP) is 3.94. The lowest BCUT2D eigenvalue weighted by Gasteiger charge is -2.49. The van der Waals surface area contributed by atoms with Crippen LogP contribution in [0.1, 0.15) is 96.3 Å². The summed E-state index contributed by atoms with van der Waals surface area (Å²) in [5, 5.41) is 15.4. The van der Waals surface area contributed by atoms with Gasteiger partial charge in [0.05, 0.1) is 6.07 Å². The smallest absolute Gasteiger partial charge is 0.244 e. The minimum atomic E-state index is -0.737. The molecule has 25 heavy (non-hydrogen) atoms. The van der Waals surface area contributed by atoms with Gasteiger partial charge in [-0.05, 0) is 64.2 Å². The number of hydrogen-bond donors (Lipinski definition) is 1. The molecule has 0 unspecified atom stereocenters. The molecule has 0 radical (unpaired) electrons. The highest BCUT2D eigenvalue weighted by atomic mass is 16.7. The van der Waals surface area contributed by atoms with Crippen molar-refractivity contribution in [1.29, 1.82) is 5.26 Å². The average molecular weight is 345 g/mol. The van der Waals surface area contributed by atoms with Gasteiger partial charge in [-0.3, -0.25) is 9.63 Å². The lowest BCUT2D eigenvalue weighted by atomic mass is 9.80. The number of rotatable bonds is 2. The molecule has 2 spiro atoms. The van der Waals surface area contributed by atoms with E-state index in [4.69, 9.17) is 4.84 Å². The first-order valence-electron chi connectivity index (χ1n) is 10.4. The molecule has 1 aliphatic heterocycles. The molecule has 0 bridgehead atoms. The number of hydroxylamine groups is 2. The van der Waals surface area contributed by atoms with Crippen LogP contribution < -0.4 is 5.32 Å². The van der Waals surface area contributed by atoms with Crippen molar-refractivity contribution >= 4 is 5.91 Å². The molecule has 1 heterocycles. The van der Waals surface area contributed by atoms with E-state index in [9.17, 15) is 10.1 Å². The van der Waals surface area contributed by atoms with Crippen molar-refractivity contribution in [3.63, 3.8) is 0 Å². The molecule has 0 aromatic rings. The van der Waals surface area contributed by atoms with Gasteiger partial charge in [0.1, 0.15) is 11.2 Å². The molecule has 1 saturated heterocycles. The maximum Gasteiger partial charge on any atom is 0.244 e. The second-order valence-corrected chi connectivity index (χ2v) is 8.69. The fourth-order valence-corrected chi connectivity index (χ4v) is 5.61. The standard InChI is InChI=1S/C20H31N3O2/c21-16-18(10-4-1-5-11-18)25-23-19(12-6-2-7-13-19)17(24)22-20(23)14-8-3-9-15-20/h1-15H2,(H,22,24). The third-order valence-electron chi connectivity index (χ3n) is 7.04. The van der Waals surface area contributed by atoms with E-state index < -0.39 is 11.1 Å². The minimum absolute atomic E-state index is 0.151. The van der Waals surface area contributed by atoms with E-state index in [1.807, 2.05) is 0 Å². The number of hydrogen-bond acceptors (Lipinski definition) is 4. The van der Waals surface area contributed by atoms with Crippen LogP contribution in [-0.2, 0) is 9.63 Å². The van der Waals surface area contributed by atoms with E-state index in [1.165, 1.54) is 19.3 Å². The fraction of sp³-hybridized carbons (Fsp3) is 0.900. The van der Waals surface area contributed by atoms with Crippen molar-refractivity contribution in [2.45, 2.75) is 113 Å². The zero-order valence-electron chi connectivity index (χ0n) is 15.3. The number of carbonyl (C=O) groups is 1. The average Bonchev–Trinajstić information content (AvgIpc) is 2.86. The summed E-state index contributed by atoms with van der Waals surface area (Å²) in [6.45, 7) is 0. The second-order valence-electron chi connectivity index (χ2n) is 8.69. The van der Waals surface area contributed by atoms with Gasteiger partial charge in [-0.1, -0.05) is 32.1 Å². The third-order valence-corrected chi connectivity index (χ3v) is 7.04. The quantitative estimate of drug-likeness (QED) is 0.823. The van der Waals surface area contributed by atoms with Gasteiger partial charge in [-0.15, -0.1) is 5.06 Å². The second kappa shape index (κ2) is 6.55. The summed E-state index contributed by atoms with van der Waals surface area (Å²) in [6.07, 6.45) is 15.3. The maximum atomic E-state index is 13.2. The van der Waals surface area contributed by atoms with Crippen molar-refractivity contribution in [2.75, 3.05) is 0 Å². The SMILES string of the molecule is N#CC1(ON2C3(CCCCC3)NC(=O)C23CCCCC3)CCCCC1. The van der Waals surface area contributed by atoms with Crippen LogP contribution in [0.3, 0.4) is 0 Å². The van der Waals surface area contributed by atoms with Crippen LogP contribution in [0.2, 0.25) is 0 Å². The number of nitrogens with zero attached hydrogens (tertiary/aromatic N) is 2. The first-order valence-corrected chi connectivity index (χ1v) is 10.4. The Bertz CT molecular complexity index is 550. The molecular formula is C20H31N3O2. The highest BCUT2D eigenvalue weighted by Gasteiger charge is 2.63. The Morgan fingerprint density at radius 2 is 1.36 bits per heavy atom. The van der Waals surface area contributed by atoms with Gasteiger partial charge in [0.15, 0.2) is 5.60 Å². The van der Waals surface area contributed by atoms with Gasteiger partial charge < -0.3 is 5.32 Å². The lowest BCUT2D eigenvalue weighted by Crippen LogP contribution is -2.61. The van der Waals surface area contributed by atoms with Crippen LogP contribution in [0.5, 0.6) is 0 Å². The minimum Gasteiger partial charge on any atom is -0.334 e. The Morgan fingerprint density at radius 1 is 0.840 bits per heavy atom. The Kier molecular flexibility index (Phi) is 4.54. The van der Waals surface area contributed by atoms with E-state index in [0.717, 1.165) is 77.0 Å². The number of nitrogens with one attached hydrogen (secondary N) is 1. The van der Waals surface area contributed by atoms with Crippen LogP contribution in [0.25, 0.3) is 0 Å². The van der Waals surface area contributed by atoms with Crippen LogP contribution in [-0.4, -0.2) is 27.8 Å². The van der Waals surface area contributed by atoms with Gasteiger partial charge in [0.2, 0.25) is 5.91 Å². The fourth-order valence-electron chi connectivity index (χ4n) is 5.61. The third kappa shape index (κ3) is 2.78. The molecule has 5 heteroatoms. The molecule has 3 saturated carbocycles. The van der Waals surface area contributed by atoms with Crippen molar-refractivity contribution in [3.05, 3.63) is 0 Å². The molecule has 1 N–H and O–H groups in total. The summed E-state index contributed by atoms with van der Waals surface area (Å²) in [4.78, 5) is 19.8. The van der Waals surface area contributed by atoms with Crippen molar-refractivity contribution in [1.82, 2.24) is 10.4 Å². The molecular weight excluding hydrogens is 314 g/mol. The van der Waals surface area contributed by atoms with Crippen molar-refractivity contribution in [3.8, 4) is 6.07 Å². The molecule has 0 aromatic heterocycles. The normalized spacial score (nSPS) is 30.9. The first kappa shape index (κ1) is 17.3. The van der Waals surface area contributed by atoms with E-state index in [1.54, 1.807) is 0 Å². The number of nitriles is 1. The van der Waals surface area contributed by atoms with Gasteiger partial charge in [0, 0.05) is 0 Å². The van der Waals surface area contributed by atoms with E-state index in [2.05, 4.69) is 16.4 Å². The summed E-state index contributed by atoms with van der Waals surface area (Å²) in [5.74, 6) is 0.151. The molecule has 1 amide bonds. The lowest BCUT2D eigenvalue weighted by molar-refractivity contribution is -0.316. The highest BCUT2D eigenvalue weighted by molar-refractivity contribution is 5.89. The predicted molar refractivity (Wildman–Crippen MR) is 94.1 cm³/mol. The Hall–Kier alpha value is -1.12. The zero-order chi connectivity index (χ0) is 17.4. The van der Waals surface area contributed by atoms with Gasteiger partial charge >= 0.3 is 0 Å². The van der Waals surface area contributed by atoms with E-state index >= 15 is 0 Å². The van der Waals surface area contributed by atoms with Gasteiger partial charge in [-0.25, -0.2) is 0 Å². The summed E-state index contributed by atoms with van der Waals surface area (Å²) in [5.41, 5.74) is -1.66. The first-order chi connectivity index (χ1) is 12.1. The molecule has 3 aliphatic carbocycles. The molecule has 5 nitrogen and oxygen atoms in total. The van der Waals surface area contributed by atoms with Crippen LogP contribution >= 0.6 is 0 Å². The molecule has 0 aromatic carbocycles. The molecule has 4 fully saturated rings. The van der Waals surface area contributed by atoms with Gasteiger partial charge in [0.25, 0.3) is 0 Å². The molecule has 138 valence electrons. The topological polar surface area (TPSA) is 65.4 Å². The highest BCUT2D eigenvalue weighted by Crippen LogP contribution is 2.49. The number of carbonyl (C=O) groups excluding carboxylic acids is 1. The van der Waals surface area contributed by atoms with Crippen molar-refractivity contribution < 1.29 is 9.63 Å². The Morgan fingerprint density at radius 3 is 1.92 bits per heavy atom. The van der Waals surface area contributed by atoms with Crippen LogP contribution in [0.4, 0.5) is 0 Å². The van der Waals surface area contributed by atoms with E-state index in [-0.39, 0.29) is 11.6 Å². The number of amides is 1. The molecule has 4 aliphatic rings. The molecule has 4 rings (SSSR count). The summed E-state index contributed by atoms with van der Waals surface area (Å²) in [7, 11) is 0. The largest absolute Gasteiger partial charge is 0.334 e. The Labute approximate surface area is 151 Å². The zero-order valence-corrected chi connectivity index (χ0v) is 15.3. The summed E-state index contributed by atoms with van der Waals surface area (Å²) in [6, 6.07) is 2.50.